The van der Waals surface area contributed by atoms with Crippen molar-refractivity contribution in [2.75, 3.05) is 13.2 Å². The van der Waals surface area contributed by atoms with E-state index >= 15 is 0 Å². The predicted molar refractivity (Wildman–Crippen MR) is 92.6 cm³/mol. The molecule has 2 rings (SSSR count). The third-order valence-corrected chi connectivity index (χ3v) is 3.58. The highest BCUT2D eigenvalue weighted by atomic mass is 16.5. The Hall–Kier alpha value is -2.50. The van der Waals surface area contributed by atoms with Gasteiger partial charge in [-0.05, 0) is 52.0 Å². The molecule has 130 valence electrons. The van der Waals surface area contributed by atoms with E-state index in [2.05, 4.69) is 10.4 Å². The van der Waals surface area contributed by atoms with Gasteiger partial charge in [0.05, 0.1) is 24.9 Å². The Morgan fingerprint density at radius 1 is 1.17 bits per heavy atom. The van der Waals surface area contributed by atoms with Gasteiger partial charge in [-0.1, -0.05) is 0 Å². The van der Waals surface area contributed by atoms with Gasteiger partial charge in [0.25, 0.3) is 5.91 Å². The first-order chi connectivity index (χ1) is 11.6. The molecule has 1 atom stereocenters. The molecule has 1 heterocycles. The number of benzene rings is 1. The summed E-state index contributed by atoms with van der Waals surface area (Å²) < 4.78 is 12.9. The molecule has 0 fully saturated rings. The van der Waals surface area contributed by atoms with Gasteiger partial charge in [-0.3, -0.25) is 9.48 Å². The molecule has 6 heteroatoms. The average molecular weight is 331 g/mol. The highest BCUT2D eigenvalue weighted by molar-refractivity contribution is 5.95. The number of carbonyl (C=O) groups excluding carboxylic acids is 1. The van der Waals surface area contributed by atoms with Crippen LogP contribution in [0.3, 0.4) is 0 Å². The summed E-state index contributed by atoms with van der Waals surface area (Å²) in [7, 11) is 0. The monoisotopic (exact) mass is 331 g/mol. The van der Waals surface area contributed by atoms with Crippen molar-refractivity contribution in [1.29, 1.82) is 0 Å². The molecule has 0 saturated heterocycles. The molecule has 0 saturated carbocycles. The van der Waals surface area contributed by atoms with Crippen LogP contribution in [-0.4, -0.2) is 28.9 Å². The standard InChI is InChI=1S/C18H25N3O3/c1-5-21-11-10-15(20-21)13(4)19-18(22)14-8-9-16(23-6-2)17(12-14)24-7-3/h8-13H,5-7H2,1-4H3,(H,19,22). The summed E-state index contributed by atoms with van der Waals surface area (Å²) in [5, 5.41) is 7.38. The summed E-state index contributed by atoms with van der Waals surface area (Å²) >= 11 is 0. The fourth-order valence-electron chi connectivity index (χ4n) is 2.33. The molecule has 0 aliphatic rings. The summed E-state index contributed by atoms with van der Waals surface area (Å²) in [6.07, 6.45) is 1.90. The van der Waals surface area contributed by atoms with Crippen molar-refractivity contribution in [3.63, 3.8) is 0 Å². The van der Waals surface area contributed by atoms with Gasteiger partial charge in [0, 0.05) is 18.3 Å². The number of rotatable bonds is 8. The lowest BCUT2D eigenvalue weighted by Crippen LogP contribution is -2.27. The van der Waals surface area contributed by atoms with E-state index in [1.54, 1.807) is 18.2 Å². The van der Waals surface area contributed by atoms with Crippen LogP contribution in [0.1, 0.15) is 49.8 Å². The van der Waals surface area contributed by atoms with Gasteiger partial charge < -0.3 is 14.8 Å². The van der Waals surface area contributed by atoms with E-state index in [1.807, 2.05) is 44.6 Å². The minimum Gasteiger partial charge on any atom is -0.490 e. The zero-order valence-electron chi connectivity index (χ0n) is 14.7. The Balaban J connectivity index is 2.12. The van der Waals surface area contributed by atoms with E-state index in [1.165, 1.54) is 0 Å². The minimum atomic E-state index is -0.174. The lowest BCUT2D eigenvalue weighted by molar-refractivity contribution is 0.0938. The molecule has 24 heavy (non-hydrogen) atoms. The number of aromatic nitrogens is 2. The number of hydrogen-bond acceptors (Lipinski definition) is 4. The molecular formula is C18H25N3O3. The van der Waals surface area contributed by atoms with Crippen molar-refractivity contribution in [2.24, 2.45) is 0 Å². The largest absolute Gasteiger partial charge is 0.490 e. The van der Waals surface area contributed by atoms with Crippen LogP contribution in [0.5, 0.6) is 11.5 Å². The fraction of sp³-hybridized carbons (Fsp3) is 0.444. The maximum Gasteiger partial charge on any atom is 0.251 e. The molecule has 1 amide bonds. The second kappa shape index (κ2) is 8.38. The smallest absolute Gasteiger partial charge is 0.251 e. The van der Waals surface area contributed by atoms with Crippen LogP contribution in [0.15, 0.2) is 30.5 Å². The Kier molecular flexibility index (Phi) is 6.23. The first-order valence-corrected chi connectivity index (χ1v) is 8.32. The first kappa shape index (κ1) is 17.8. The molecule has 0 aliphatic heterocycles. The zero-order valence-corrected chi connectivity index (χ0v) is 14.7. The normalized spacial score (nSPS) is 11.8. The van der Waals surface area contributed by atoms with Gasteiger partial charge in [-0.25, -0.2) is 0 Å². The number of amides is 1. The van der Waals surface area contributed by atoms with Gasteiger partial charge in [0.2, 0.25) is 0 Å². The Morgan fingerprint density at radius 3 is 2.50 bits per heavy atom. The zero-order chi connectivity index (χ0) is 17.5. The first-order valence-electron chi connectivity index (χ1n) is 8.32. The van der Waals surface area contributed by atoms with Crippen molar-refractivity contribution in [1.82, 2.24) is 15.1 Å². The van der Waals surface area contributed by atoms with Crippen LogP contribution in [0.2, 0.25) is 0 Å². The number of ether oxygens (including phenoxy) is 2. The van der Waals surface area contributed by atoms with E-state index in [-0.39, 0.29) is 11.9 Å². The molecule has 0 spiro atoms. The molecule has 1 unspecified atom stereocenters. The summed E-state index contributed by atoms with van der Waals surface area (Å²) in [5.74, 6) is 1.05. The highest BCUT2D eigenvalue weighted by Crippen LogP contribution is 2.28. The topological polar surface area (TPSA) is 65.4 Å². The number of aryl methyl sites for hydroxylation is 1. The summed E-state index contributed by atoms with van der Waals surface area (Å²) in [6, 6.07) is 6.95. The second-order valence-corrected chi connectivity index (χ2v) is 5.32. The molecule has 1 aromatic carbocycles. The molecule has 0 aliphatic carbocycles. The SMILES string of the molecule is CCOc1ccc(C(=O)NC(C)c2ccn(CC)n2)cc1OCC. The van der Waals surface area contributed by atoms with Crippen molar-refractivity contribution in [3.8, 4) is 11.5 Å². The third kappa shape index (κ3) is 4.28. The van der Waals surface area contributed by atoms with E-state index < -0.39 is 0 Å². The Labute approximate surface area is 142 Å². The van der Waals surface area contributed by atoms with Crippen molar-refractivity contribution >= 4 is 5.91 Å². The Morgan fingerprint density at radius 2 is 1.88 bits per heavy atom. The van der Waals surface area contributed by atoms with Gasteiger partial charge >= 0.3 is 0 Å². The quantitative estimate of drug-likeness (QED) is 0.807. The summed E-state index contributed by atoms with van der Waals surface area (Å²) in [5.41, 5.74) is 1.37. The van der Waals surface area contributed by atoms with Crippen LogP contribution in [0.25, 0.3) is 0 Å². The maximum absolute atomic E-state index is 12.5. The van der Waals surface area contributed by atoms with Crippen molar-refractivity contribution in [2.45, 2.75) is 40.3 Å². The fourth-order valence-corrected chi connectivity index (χ4v) is 2.33. The van der Waals surface area contributed by atoms with Crippen molar-refractivity contribution < 1.29 is 14.3 Å². The molecule has 1 N–H and O–H groups in total. The summed E-state index contributed by atoms with van der Waals surface area (Å²) in [4.78, 5) is 12.5. The van der Waals surface area contributed by atoms with E-state index in [4.69, 9.17) is 9.47 Å². The average Bonchev–Trinajstić information content (AvgIpc) is 3.06. The predicted octanol–water partition coefficient (Wildman–Crippen LogP) is 3.19. The maximum atomic E-state index is 12.5. The van der Waals surface area contributed by atoms with Crippen LogP contribution in [-0.2, 0) is 6.54 Å². The van der Waals surface area contributed by atoms with Gasteiger partial charge in [0.1, 0.15) is 0 Å². The molecule has 0 bridgehead atoms. The number of nitrogens with zero attached hydrogens (tertiary/aromatic N) is 2. The third-order valence-electron chi connectivity index (χ3n) is 3.58. The number of hydrogen-bond donors (Lipinski definition) is 1. The van der Waals surface area contributed by atoms with Crippen LogP contribution >= 0.6 is 0 Å². The summed E-state index contributed by atoms with van der Waals surface area (Å²) in [6.45, 7) is 9.60. The van der Waals surface area contributed by atoms with Crippen molar-refractivity contribution in [3.05, 3.63) is 41.7 Å². The van der Waals surface area contributed by atoms with Crippen LogP contribution in [0, 0.1) is 0 Å². The van der Waals surface area contributed by atoms with Crippen LogP contribution < -0.4 is 14.8 Å². The molecule has 0 radical (unpaired) electrons. The molecular weight excluding hydrogens is 306 g/mol. The second-order valence-electron chi connectivity index (χ2n) is 5.32. The lowest BCUT2D eigenvalue weighted by atomic mass is 10.1. The van der Waals surface area contributed by atoms with Gasteiger partial charge in [-0.2, -0.15) is 5.10 Å². The van der Waals surface area contributed by atoms with Gasteiger partial charge in [-0.15, -0.1) is 0 Å². The minimum absolute atomic E-state index is 0.169. The van der Waals surface area contributed by atoms with E-state index in [0.717, 1.165) is 12.2 Å². The number of nitrogens with one attached hydrogen (secondary N) is 1. The van der Waals surface area contributed by atoms with E-state index in [0.29, 0.717) is 30.3 Å². The molecule has 1 aromatic heterocycles. The highest BCUT2D eigenvalue weighted by Gasteiger charge is 2.16. The number of carbonyl (C=O) groups is 1. The molecule has 6 nitrogen and oxygen atoms in total. The van der Waals surface area contributed by atoms with Crippen LogP contribution in [0.4, 0.5) is 0 Å². The van der Waals surface area contributed by atoms with E-state index in [9.17, 15) is 4.79 Å². The Bertz CT molecular complexity index is 682. The van der Waals surface area contributed by atoms with Gasteiger partial charge in [0.15, 0.2) is 11.5 Å². The lowest BCUT2D eigenvalue weighted by Gasteiger charge is -2.14. The molecule has 2 aromatic rings.